The quantitative estimate of drug-likeness (QED) is 0.215. The van der Waals surface area contributed by atoms with Gasteiger partial charge in [-0.1, -0.05) is 25.0 Å². The van der Waals surface area contributed by atoms with Crippen molar-refractivity contribution in [3.63, 3.8) is 0 Å². The van der Waals surface area contributed by atoms with Gasteiger partial charge in [-0.25, -0.2) is 4.59 Å². The van der Waals surface area contributed by atoms with Crippen LogP contribution in [0, 0.1) is 0 Å². The summed E-state index contributed by atoms with van der Waals surface area (Å²) in [6.07, 6.45) is 1.43. The van der Waals surface area contributed by atoms with Crippen LogP contribution in [0.15, 0.2) is 17.3 Å². The first-order chi connectivity index (χ1) is 8.28. The highest BCUT2D eigenvalue weighted by molar-refractivity contribution is 5.87. The molecule has 0 aliphatic heterocycles. The molecule has 0 aromatic carbocycles. The number of hydrogen-bond donors (Lipinski definition) is 1. The highest BCUT2D eigenvalue weighted by Gasteiger charge is 2.20. The van der Waals surface area contributed by atoms with Crippen LogP contribution in [0.4, 0.5) is 0 Å². The minimum atomic E-state index is -0.626. The molecular formula is C13H26N2O3. The van der Waals surface area contributed by atoms with E-state index in [1.54, 1.807) is 21.0 Å². The van der Waals surface area contributed by atoms with Gasteiger partial charge in [0.1, 0.15) is 12.6 Å². The standard InChI is InChI=1S/C13H26N2O3/c1-6-7-8-18-10-12(16)9-15(4,5)14-13(17)11(2)3/h12,16H,2,6-10H2,1,3-5H3. The molecule has 0 aromatic rings. The van der Waals surface area contributed by atoms with E-state index in [1.165, 1.54) is 0 Å². The van der Waals surface area contributed by atoms with E-state index >= 15 is 0 Å². The Hall–Kier alpha value is -0.910. The molecule has 0 saturated carbocycles. The first-order valence-corrected chi connectivity index (χ1v) is 6.30. The van der Waals surface area contributed by atoms with Crippen LogP contribution in [-0.2, 0) is 4.74 Å². The average molecular weight is 258 g/mol. The zero-order chi connectivity index (χ0) is 14.2. The first kappa shape index (κ1) is 17.1. The van der Waals surface area contributed by atoms with Gasteiger partial charge in [0.15, 0.2) is 0 Å². The molecule has 106 valence electrons. The van der Waals surface area contributed by atoms with Gasteiger partial charge < -0.3 is 14.9 Å². The molecule has 5 nitrogen and oxygen atoms in total. The molecular weight excluding hydrogens is 232 g/mol. The molecule has 18 heavy (non-hydrogen) atoms. The van der Waals surface area contributed by atoms with Crippen molar-refractivity contribution in [2.24, 2.45) is 5.10 Å². The normalized spacial score (nSPS) is 14.6. The molecule has 0 rings (SSSR count). The number of aliphatic hydroxyl groups excluding tert-OH is 1. The van der Waals surface area contributed by atoms with Gasteiger partial charge in [-0.2, -0.15) is 0 Å². The fourth-order valence-electron chi connectivity index (χ4n) is 1.41. The van der Waals surface area contributed by atoms with E-state index in [0.29, 0.717) is 18.7 Å². The van der Waals surface area contributed by atoms with Crippen molar-refractivity contribution < 1.29 is 19.5 Å². The zero-order valence-electron chi connectivity index (χ0n) is 12.0. The Labute approximate surface area is 110 Å². The summed E-state index contributed by atoms with van der Waals surface area (Å²) < 4.78 is 5.40. The molecule has 0 aliphatic carbocycles. The van der Waals surface area contributed by atoms with E-state index in [2.05, 4.69) is 18.6 Å². The van der Waals surface area contributed by atoms with Crippen LogP contribution < -0.4 is 5.11 Å². The molecule has 0 fully saturated rings. The van der Waals surface area contributed by atoms with Crippen LogP contribution in [0.25, 0.3) is 0 Å². The number of likely N-dealkylation sites (N-methyl/N-ethyl adjacent to an activating group) is 1. The first-order valence-electron chi connectivity index (χ1n) is 6.30. The second-order valence-electron chi connectivity index (χ2n) is 5.07. The van der Waals surface area contributed by atoms with Crippen molar-refractivity contribution in [1.82, 2.24) is 0 Å². The lowest BCUT2D eigenvalue weighted by atomic mass is 10.3. The largest absolute Gasteiger partial charge is 0.855 e. The molecule has 0 aromatic heterocycles. The highest BCUT2D eigenvalue weighted by Crippen LogP contribution is 2.04. The summed E-state index contributed by atoms with van der Waals surface area (Å²) in [6, 6.07) is 0. The van der Waals surface area contributed by atoms with Crippen LogP contribution in [0.2, 0.25) is 0 Å². The van der Waals surface area contributed by atoms with Crippen molar-refractivity contribution in [3.8, 4) is 0 Å². The summed E-state index contributed by atoms with van der Waals surface area (Å²) in [4.78, 5) is 0. The minimum Gasteiger partial charge on any atom is -0.855 e. The van der Waals surface area contributed by atoms with Gasteiger partial charge in [-0.15, -0.1) is 0 Å². The molecule has 0 spiro atoms. The molecule has 5 heteroatoms. The molecule has 0 amide bonds. The van der Waals surface area contributed by atoms with Gasteiger partial charge in [-0.05, 0) is 18.9 Å². The van der Waals surface area contributed by atoms with Crippen molar-refractivity contribution in [1.29, 1.82) is 0 Å². The van der Waals surface area contributed by atoms with Gasteiger partial charge in [0.2, 0.25) is 0 Å². The predicted molar refractivity (Wildman–Crippen MR) is 71.0 cm³/mol. The van der Waals surface area contributed by atoms with Crippen molar-refractivity contribution in [2.75, 3.05) is 33.9 Å². The van der Waals surface area contributed by atoms with E-state index in [-0.39, 0.29) is 17.1 Å². The van der Waals surface area contributed by atoms with Crippen LogP contribution >= 0.6 is 0 Å². The molecule has 0 heterocycles. The maximum Gasteiger partial charge on any atom is 0.131 e. The molecule has 0 saturated heterocycles. The van der Waals surface area contributed by atoms with Crippen molar-refractivity contribution in [2.45, 2.75) is 32.8 Å². The Kier molecular flexibility index (Phi) is 7.82. The Morgan fingerprint density at radius 2 is 2.11 bits per heavy atom. The topological polar surface area (TPSA) is 64.9 Å². The number of hydrogen-bond acceptors (Lipinski definition) is 4. The Balaban J connectivity index is 4.15. The molecule has 1 N–H and O–H groups in total. The van der Waals surface area contributed by atoms with E-state index < -0.39 is 6.10 Å². The van der Waals surface area contributed by atoms with E-state index in [0.717, 1.165) is 12.8 Å². The van der Waals surface area contributed by atoms with E-state index in [9.17, 15) is 10.2 Å². The zero-order valence-corrected chi connectivity index (χ0v) is 12.0. The SMILES string of the molecule is C=C(C)/C([O-])=N/[N+](C)(C)CC(O)COCCCC. The maximum absolute atomic E-state index is 11.4. The van der Waals surface area contributed by atoms with E-state index in [4.69, 9.17) is 4.74 Å². The lowest BCUT2D eigenvalue weighted by Gasteiger charge is -2.27. The Morgan fingerprint density at radius 3 is 2.61 bits per heavy atom. The molecule has 0 aliphatic rings. The van der Waals surface area contributed by atoms with Gasteiger partial charge in [0, 0.05) is 12.5 Å². The Bertz CT molecular complexity index is 288. The minimum absolute atomic E-state index is 0.0734. The van der Waals surface area contributed by atoms with Crippen molar-refractivity contribution in [3.05, 3.63) is 12.2 Å². The maximum atomic E-state index is 11.4. The van der Waals surface area contributed by atoms with Gasteiger partial charge in [-0.3, -0.25) is 0 Å². The second kappa shape index (κ2) is 8.24. The fourth-order valence-corrected chi connectivity index (χ4v) is 1.41. The average Bonchev–Trinajstić information content (AvgIpc) is 2.22. The van der Waals surface area contributed by atoms with Crippen LogP contribution in [-0.4, -0.2) is 55.6 Å². The number of nitrogens with zero attached hydrogens (tertiary/aromatic N) is 2. The Morgan fingerprint density at radius 1 is 1.50 bits per heavy atom. The summed E-state index contributed by atoms with van der Waals surface area (Å²) in [5, 5.41) is 25.2. The van der Waals surface area contributed by atoms with Gasteiger partial charge in [0.05, 0.1) is 20.7 Å². The predicted octanol–water partition coefficient (Wildman–Crippen LogP) is 0.490. The third-order valence-corrected chi connectivity index (χ3v) is 2.34. The van der Waals surface area contributed by atoms with Crippen LogP contribution in [0.3, 0.4) is 0 Å². The monoisotopic (exact) mass is 258 g/mol. The van der Waals surface area contributed by atoms with Crippen molar-refractivity contribution >= 4 is 5.90 Å². The molecule has 0 bridgehead atoms. The summed E-state index contributed by atoms with van der Waals surface area (Å²) >= 11 is 0. The number of quaternary nitrogens is 1. The smallest absolute Gasteiger partial charge is 0.131 e. The number of rotatable bonds is 9. The summed E-state index contributed by atoms with van der Waals surface area (Å²) in [7, 11) is 3.52. The fraction of sp³-hybridized carbons (Fsp3) is 0.769. The van der Waals surface area contributed by atoms with Gasteiger partial charge in [0.25, 0.3) is 0 Å². The van der Waals surface area contributed by atoms with Crippen LogP contribution in [0.1, 0.15) is 26.7 Å². The van der Waals surface area contributed by atoms with E-state index in [1.807, 2.05) is 0 Å². The second-order valence-corrected chi connectivity index (χ2v) is 5.07. The summed E-state index contributed by atoms with van der Waals surface area (Å²) in [5.74, 6) is -0.334. The molecule has 0 radical (unpaired) electrons. The molecule has 1 atom stereocenters. The van der Waals surface area contributed by atoms with Crippen LogP contribution in [0.5, 0.6) is 0 Å². The third-order valence-electron chi connectivity index (χ3n) is 2.34. The lowest BCUT2D eigenvalue weighted by Crippen LogP contribution is -2.44. The number of aliphatic hydroxyl groups is 1. The summed E-state index contributed by atoms with van der Waals surface area (Å²) in [6.45, 7) is 8.52. The van der Waals surface area contributed by atoms with Gasteiger partial charge >= 0.3 is 0 Å². The highest BCUT2D eigenvalue weighted by atomic mass is 16.5. The molecule has 1 unspecified atom stereocenters. The third kappa shape index (κ3) is 8.22. The number of ether oxygens (including phenoxy) is 1. The lowest BCUT2D eigenvalue weighted by molar-refractivity contribution is -0.901. The number of unbranched alkanes of at least 4 members (excludes halogenated alkanes) is 1. The summed E-state index contributed by atoms with van der Waals surface area (Å²) in [5.41, 5.74) is 0.398.